The van der Waals surface area contributed by atoms with Gasteiger partial charge in [-0.2, -0.15) is 5.10 Å². The van der Waals surface area contributed by atoms with Crippen molar-refractivity contribution in [2.24, 2.45) is 0 Å². The number of carbonyl (C=O) groups is 1. The summed E-state index contributed by atoms with van der Waals surface area (Å²) >= 11 is 2.73. The van der Waals surface area contributed by atoms with Crippen LogP contribution in [-0.2, 0) is 4.79 Å². The number of benzene rings is 3. The monoisotopic (exact) mass is 586 g/mol. The van der Waals surface area contributed by atoms with E-state index in [-0.39, 0.29) is 17.3 Å². The van der Waals surface area contributed by atoms with E-state index in [1.165, 1.54) is 35.2 Å². The summed E-state index contributed by atoms with van der Waals surface area (Å²) in [4.78, 5) is 26.0. The molecule has 0 saturated carbocycles. The molecule has 0 aliphatic carbocycles. The molecule has 3 aromatic carbocycles. The van der Waals surface area contributed by atoms with Gasteiger partial charge < -0.3 is 9.47 Å². The largest absolute Gasteiger partial charge is 0.493 e. The third-order valence-electron chi connectivity index (χ3n) is 6.48. The van der Waals surface area contributed by atoms with Crippen LogP contribution in [0.5, 0.6) is 11.5 Å². The molecule has 0 radical (unpaired) electrons. The second-order valence-electron chi connectivity index (χ2n) is 8.91. The number of methoxy groups -OCH3 is 2. The summed E-state index contributed by atoms with van der Waals surface area (Å²) in [6, 6.07) is 21.3. The maximum absolute atomic E-state index is 13.2. The summed E-state index contributed by atoms with van der Waals surface area (Å²) < 4.78 is 12.5. The minimum atomic E-state index is -0.472. The Morgan fingerprint density at radius 3 is 2.51 bits per heavy atom. The Morgan fingerprint density at radius 1 is 0.951 bits per heavy atom. The highest BCUT2D eigenvalue weighted by molar-refractivity contribution is 8.00. The number of nitro benzene ring substituents is 1. The number of hydrogen-bond acceptors (Lipinski definition) is 10. The van der Waals surface area contributed by atoms with Crippen molar-refractivity contribution < 1.29 is 19.2 Å². The van der Waals surface area contributed by atoms with Gasteiger partial charge in [0, 0.05) is 35.0 Å². The molecule has 41 heavy (non-hydrogen) atoms. The van der Waals surface area contributed by atoms with Crippen LogP contribution in [0.1, 0.15) is 10.9 Å². The molecule has 0 N–H and O–H groups in total. The van der Waals surface area contributed by atoms with E-state index >= 15 is 0 Å². The lowest BCUT2D eigenvalue weighted by Gasteiger charge is -2.20. The summed E-state index contributed by atoms with van der Waals surface area (Å²) in [6.07, 6.45) is 1.86. The third kappa shape index (κ3) is 5.00. The molecule has 13 heteroatoms. The molecule has 11 nitrogen and oxygen atoms in total. The Labute approximate surface area is 242 Å². The second kappa shape index (κ2) is 11.0. The molecule has 5 aromatic rings. The van der Waals surface area contributed by atoms with E-state index < -0.39 is 10.3 Å². The summed E-state index contributed by atoms with van der Waals surface area (Å²) in [7, 11) is 3.13. The number of carbonyl (C=O) groups excluding carboxylic acids is 1. The molecule has 2 aromatic heterocycles. The molecule has 206 valence electrons. The van der Waals surface area contributed by atoms with Gasteiger partial charge >= 0.3 is 0 Å². The minimum absolute atomic E-state index is 0.0431. The number of hydrogen-bond donors (Lipinski definition) is 0. The van der Waals surface area contributed by atoms with Gasteiger partial charge in [0.2, 0.25) is 11.0 Å². The molecule has 1 atom stereocenters. The van der Waals surface area contributed by atoms with E-state index in [1.54, 1.807) is 42.0 Å². The number of nitro groups is 1. The lowest BCUT2D eigenvalue weighted by molar-refractivity contribution is -0.384. The van der Waals surface area contributed by atoms with Gasteiger partial charge in [0.05, 0.1) is 36.3 Å². The first-order valence-corrected chi connectivity index (χ1v) is 14.2. The molecule has 1 fully saturated rings. The minimum Gasteiger partial charge on any atom is -0.493 e. The number of para-hydroxylation sites is 1. The highest BCUT2D eigenvalue weighted by Crippen LogP contribution is 2.47. The molecule has 1 amide bonds. The lowest BCUT2D eigenvalue weighted by Crippen LogP contribution is -2.27. The normalized spacial score (nSPS) is 14.8. The first-order chi connectivity index (χ1) is 20.0. The topological polar surface area (TPSA) is 126 Å². The number of aromatic nitrogens is 4. The Bertz CT molecular complexity index is 1760. The maximum atomic E-state index is 13.2. The van der Waals surface area contributed by atoms with Gasteiger partial charge in [-0.05, 0) is 30.3 Å². The Hall–Kier alpha value is -4.75. The van der Waals surface area contributed by atoms with Gasteiger partial charge in [-0.1, -0.05) is 41.7 Å². The van der Waals surface area contributed by atoms with Crippen LogP contribution in [0.15, 0.2) is 79.0 Å². The van der Waals surface area contributed by atoms with Gasteiger partial charge in [0.1, 0.15) is 10.4 Å². The van der Waals surface area contributed by atoms with Crippen molar-refractivity contribution in [1.29, 1.82) is 0 Å². The van der Waals surface area contributed by atoms with Gasteiger partial charge in [0.25, 0.3) is 5.69 Å². The molecule has 1 aliphatic rings. The zero-order valence-electron chi connectivity index (χ0n) is 21.8. The van der Waals surface area contributed by atoms with Crippen molar-refractivity contribution in [2.45, 2.75) is 5.37 Å². The SMILES string of the molecule is COc1ccc(-c2nnc(N3C(=O)CSC3c3cn(-c4ccccc4)nc3-c3cccc([N+](=O)[O-])c3)s2)cc1OC. The standard InChI is InChI=1S/C28H22N6O5S2/c1-38-22-12-11-18(14-23(22)39-2)26-29-30-28(41-26)33-24(35)16-40-27(33)21-15-32(19-8-4-3-5-9-19)31-25(21)17-7-6-10-20(13-17)34(36)37/h3-15,27H,16H2,1-2H3. The molecule has 1 unspecified atom stereocenters. The quantitative estimate of drug-likeness (QED) is 0.165. The van der Waals surface area contributed by atoms with Gasteiger partial charge in [-0.25, -0.2) is 4.68 Å². The molecule has 6 rings (SSSR count). The van der Waals surface area contributed by atoms with Crippen molar-refractivity contribution in [3.63, 3.8) is 0 Å². The number of rotatable bonds is 8. The summed E-state index contributed by atoms with van der Waals surface area (Å²) in [5.41, 5.74) is 3.40. The summed E-state index contributed by atoms with van der Waals surface area (Å²) in [5, 5.41) is 25.7. The van der Waals surface area contributed by atoms with E-state index in [1.807, 2.05) is 48.7 Å². The van der Waals surface area contributed by atoms with Gasteiger partial charge in [-0.15, -0.1) is 22.0 Å². The van der Waals surface area contributed by atoms with Crippen LogP contribution in [0.2, 0.25) is 0 Å². The summed E-state index contributed by atoms with van der Waals surface area (Å²) in [5.74, 6) is 1.27. The fourth-order valence-electron chi connectivity index (χ4n) is 4.53. The van der Waals surface area contributed by atoms with E-state index in [9.17, 15) is 14.9 Å². The van der Waals surface area contributed by atoms with Gasteiger partial charge in [-0.3, -0.25) is 19.8 Å². The van der Waals surface area contributed by atoms with Crippen LogP contribution >= 0.6 is 23.1 Å². The number of non-ortho nitro benzene ring substituents is 1. The fourth-order valence-corrected chi connectivity index (χ4v) is 6.64. The highest BCUT2D eigenvalue weighted by Gasteiger charge is 2.39. The Balaban J connectivity index is 1.42. The van der Waals surface area contributed by atoms with Crippen LogP contribution in [0.4, 0.5) is 10.8 Å². The fraction of sp³-hybridized carbons (Fsp3) is 0.143. The highest BCUT2D eigenvalue weighted by atomic mass is 32.2. The van der Waals surface area contributed by atoms with Crippen molar-refractivity contribution in [2.75, 3.05) is 24.9 Å². The van der Waals surface area contributed by atoms with Crippen molar-refractivity contribution in [3.8, 4) is 39.0 Å². The average molecular weight is 587 g/mol. The third-order valence-corrected chi connectivity index (χ3v) is 8.64. The van der Waals surface area contributed by atoms with Crippen molar-refractivity contribution in [1.82, 2.24) is 20.0 Å². The molecule has 0 spiro atoms. The molecular formula is C28H22N6O5S2. The zero-order chi connectivity index (χ0) is 28.5. The smallest absolute Gasteiger partial charge is 0.270 e. The lowest BCUT2D eigenvalue weighted by atomic mass is 10.1. The van der Waals surface area contributed by atoms with E-state index in [4.69, 9.17) is 14.6 Å². The predicted molar refractivity (Wildman–Crippen MR) is 157 cm³/mol. The second-order valence-corrected chi connectivity index (χ2v) is 10.9. The van der Waals surface area contributed by atoms with Gasteiger partial charge in [0.15, 0.2) is 11.5 Å². The number of thioether (sulfide) groups is 1. The molecule has 3 heterocycles. The zero-order valence-corrected chi connectivity index (χ0v) is 23.5. The maximum Gasteiger partial charge on any atom is 0.270 e. The first-order valence-electron chi connectivity index (χ1n) is 12.4. The molecule has 1 aliphatic heterocycles. The van der Waals surface area contributed by atoms with Crippen molar-refractivity contribution in [3.05, 3.63) is 94.7 Å². The van der Waals surface area contributed by atoms with Crippen LogP contribution in [-0.4, -0.2) is 50.8 Å². The van der Waals surface area contributed by atoms with E-state index in [2.05, 4.69) is 10.2 Å². The number of ether oxygens (including phenoxy) is 2. The van der Waals surface area contributed by atoms with Crippen LogP contribution in [0.3, 0.4) is 0 Å². The Kier molecular flexibility index (Phi) is 7.12. The molecule has 0 bridgehead atoms. The predicted octanol–water partition coefficient (Wildman–Crippen LogP) is 5.76. The molecule has 1 saturated heterocycles. The van der Waals surface area contributed by atoms with Crippen LogP contribution in [0.25, 0.3) is 27.5 Å². The molecular weight excluding hydrogens is 564 g/mol. The number of anilines is 1. The van der Waals surface area contributed by atoms with E-state index in [0.717, 1.165) is 16.8 Å². The number of amides is 1. The Morgan fingerprint density at radius 2 is 1.76 bits per heavy atom. The van der Waals surface area contributed by atoms with Crippen molar-refractivity contribution >= 4 is 39.8 Å². The average Bonchev–Trinajstić information content (AvgIpc) is 3.75. The van der Waals surface area contributed by atoms with Crippen LogP contribution < -0.4 is 14.4 Å². The summed E-state index contributed by atoms with van der Waals surface area (Å²) in [6.45, 7) is 0. The first kappa shape index (κ1) is 26.5. The van der Waals surface area contributed by atoms with E-state index in [0.29, 0.717) is 32.9 Å². The van der Waals surface area contributed by atoms with Crippen LogP contribution in [0, 0.1) is 10.1 Å². The number of nitrogens with zero attached hydrogens (tertiary/aromatic N) is 6.